The van der Waals surface area contributed by atoms with E-state index in [9.17, 15) is 18.8 Å². The highest BCUT2D eigenvalue weighted by Gasteiger charge is 2.34. The van der Waals surface area contributed by atoms with Crippen LogP contribution in [0.15, 0.2) is 72.9 Å². The van der Waals surface area contributed by atoms with E-state index in [2.05, 4.69) is 15.6 Å². The zero-order valence-electron chi connectivity index (χ0n) is 21.5. The van der Waals surface area contributed by atoms with Gasteiger partial charge in [0.05, 0.1) is 0 Å². The number of carbonyl (C=O) groups is 3. The van der Waals surface area contributed by atoms with Gasteiger partial charge < -0.3 is 10.6 Å². The number of nitrogens with one attached hydrogen (secondary N) is 2. The molecular formula is C30H33FN4O3. The van der Waals surface area contributed by atoms with Crippen LogP contribution in [0, 0.1) is 12.7 Å². The van der Waals surface area contributed by atoms with Crippen LogP contribution >= 0.6 is 0 Å². The third kappa shape index (κ3) is 7.25. The maximum atomic E-state index is 13.8. The number of nitrogens with zero attached hydrogens (tertiary/aromatic N) is 2. The topological polar surface area (TPSA) is 91.4 Å². The van der Waals surface area contributed by atoms with Gasteiger partial charge in [-0.15, -0.1) is 0 Å². The molecule has 1 aliphatic rings. The molecule has 0 unspecified atom stereocenters. The highest BCUT2D eigenvalue weighted by molar-refractivity contribution is 6.01. The Kier molecular flexibility index (Phi) is 9.19. The zero-order valence-corrected chi connectivity index (χ0v) is 21.5. The van der Waals surface area contributed by atoms with Gasteiger partial charge in [0.1, 0.15) is 17.7 Å². The Morgan fingerprint density at radius 2 is 1.68 bits per heavy atom. The lowest BCUT2D eigenvalue weighted by Gasteiger charge is -2.32. The van der Waals surface area contributed by atoms with Crippen molar-refractivity contribution in [2.45, 2.75) is 64.0 Å². The van der Waals surface area contributed by atoms with Crippen LogP contribution < -0.4 is 15.5 Å². The van der Waals surface area contributed by atoms with Crippen molar-refractivity contribution in [3.05, 3.63) is 89.9 Å². The van der Waals surface area contributed by atoms with Crippen molar-refractivity contribution < 1.29 is 18.8 Å². The lowest BCUT2D eigenvalue weighted by atomic mass is 10.0. The van der Waals surface area contributed by atoms with Crippen LogP contribution in [0.5, 0.6) is 0 Å². The second kappa shape index (κ2) is 12.9. The average molecular weight is 517 g/mol. The first-order chi connectivity index (χ1) is 18.4. The van der Waals surface area contributed by atoms with Gasteiger partial charge in [-0.05, 0) is 68.1 Å². The predicted octanol–water partition coefficient (Wildman–Crippen LogP) is 5.47. The minimum Gasteiger partial charge on any atom is -0.351 e. The van der Waals surface area contributed by atoms with E-state index in [0.717, 1.165) is 31.2 Å². The Hall–Kier alpha value is -4.07. The van der Waals surface area contributed by atoms with Crippen LogP contribution in [-0.4, -0.2) is 28.7 Å². The first-order valence-corrected chi connectivity index (χ1v) is 13.1. The van der Waals surface area contributed by atoms with Crippen LogP contribution in [-0.2, 0) is 14.4 Å². The minimum atomic E-state index is -0.978. The predicted molar refractivity (Wildman–Crippen MR) is 145 cm³/mol. The zero-order chi connectivity index (χ0) is 26.9. The molecule has 1 aromatic heterocycles. The summed E-state index contributed by atoms with van der Waals surface area (Å²) in [4.78, 5) is 45.4. The Bertz CT molecular complexity index is 1230. The molecular weight excluding hydrogens is 483 g/mol. The normalized spacial score (nSPS) is 14.1. The van der Waals surface area contributed by atoms with Crippen LogP contribution in [0.25, 0.3) is 0 Å². The molecule has 38 heavy (non-hydrogen) atoms. The summed E-state index contributed by atoms with van der Waals surface area (Å²) in [6, 6.07) is 17.4. The van der Waals surface area contributed by atoms with Gasteiger partial charge in [0.25, 0.3) is 0 Å². The first-order valence-electron chi connectivity index (χ1n) is 13.1. The lowest BCUT2D eigenvalue weighted by Crippen LogP contribution is -2.46. The van der Waals surface area contributed by atoms with E-state index in [1.165, 1.54) is 17.0 Å². The number of anilines is 2. The van der Waals surface area contributed by atoms with Crippen molar-refractivity contribution in [2.75, 3.05) is 10.2 Å². The molecule has 0 spiro atoms. The fraction of sp³-hybridized carbons (Fsp3) is 0.333. The number of benzene rings is 2. The fourth-order valence-corrected chi connectivity index (χ4v) is 4.72. The number of pyridine rings is 1. The molecule has 3 aromatic rings. The highest BCUT2D eigenvalue weighted by Crippen LogP contribution is 2.30. The number of halogens is 1. The Balaban J connectivity index is 1.56. The second-order valence-corrected chi connectivity index (χ2v) is 9.66. The van der Waals surface area contributed by atoms with Crippen molar-refractivity contribution in [3.63, 3.8) is 0 Å². The summed E-state index contributed by atoms with van der Waals surface area (Å²) in [5.74, 6) is -0.811. The molecule has 0 bridgehead atoms. The summed E-state index contributed by atoms with van der Waals surface area (Å²) in [6.07, 6.45) is 5.95. The summed E-state index contributed by atoms with van der Waals surface area (Å²) in [5.41, 5.74) is 2.10. The van der Waals surface area contributed by atoms with Crippen LogP contribution in [0.2, 0.25) is 0 Å². The number of aryl methyl sites for hydroxylation is 1. The summed E-state index contributed by atoms with van der Waals surface area (Å²) in [6.45, 7) is 1.94. The number of amides is 3. The highest BCUT2D eigenvalue weighted by atomic mass is 19.1. The van der Waals surface area contributed by atoms with Crippen LogP contribution in [0.4, 0.5) is 15.9 Å². The summed E-state index contributed by atoms with van der Waals surface area (Å²) < 4.78 is 13.8. The average Bonchev–Trinajstić information content (AvgIpc) is 3.42. The van der Waals surface area contributed by atoms with E-state index < -0.39 is 11.9 Å². The molecule has 1 aliphatic carbocycles. The summed E-state index contributed by atoms with van der Waals surface area (Å²) >= 11 is 0. The molecule has 4 rings (SSSR count). The number of rotatable bonds is 10. The smallest absolute Gasteiger partial charge is 0.248 e. The summed E-state index contributed by atoms with van der Waals surface area (Å²) in [7, 11) is 0. The number of hydrogen-bond donors (Lipinski definition) is 2. The van der Waals surface area contributed by atoms with Crippen molar-refractivity contribution >= 4 is 29.2 Å². The van der Waals surface area contributed by atoms with Crippen molar-refractivity contribution in [1.29, 1.82) is 0 Å². The van der Waals surface area contributed by atoms with Gasteiger partial charge in [-0.3, -0.25) is 19.3 Å². The van der Waals surface area contributed by atoms with E-state index in [0.29, 0.717) is 23.5 Å². The second-order valence-electron chi connectivity index (χ2n) is 9.66. The Morgan fingerprint density at radius 3 is 2.34 bits per heavy atom. The van der Waals surface area contributed by atoms with Crippen molar-refractivity contribution in [1.82, 2.24) is 10.3 Å². The molecule has 0 radical (unpaired) electrons. The fourth-order valence-electron chi connectivity index (χ4n) is 4.72. The molecule has 8 heteroatoms. The third-order valence-electron chi connectivity index (χ3n) is 6.70. The van der Waals surface area contributed by atoms with Gasteiger partial charge in [-0.1, -0.05) is 48.7 Å². The van der Waals surface area contributed by atoms with Gasteiger partial charge in [0, 0.05) is 30.8 Å². The van der Waals surface area contributed by atoms with E-state index in [4.69, 9.17) is 0 Å². The van der Waals surface area contributed by atoms with E-state index in [1.807, 2.05) is 19.1 Å². The first kappa shape index (κ1) is 27.0. The Labute approximate surface area is 222 Å². The lowest BCUT2D eigenvalue weighted by molar-refractivity contribution is -0.127. The maximum absolute atomic E-state index is 13.8. The number of aromatic nitrogens is 1. The molecule has 1 fully saturated rings. The van der Waals surface area contributed by atoms with Gasteiger partial charge in [-0.2, -0.15) is 0 Å². The number of hydrogen-bond acceptors (Lipinski definition) is 4. The molecule has 7 nitrogen and oxygen atoms in total. The molecule has 1 atom stereocenters. The van der Waals surface area contributed by atoms with Crippen molar-refractivity contribution in [3.8, 4) is 0 Å². The molecule has 0 aliphatic heterocycles. The third-order valence-corrected chi connectivity index (χ3v) is 6.70. The molecule has 2 aromatic carbocycles. The SMILES string of the molecule is Cc1ccc(N(C(=O)CCCC(=O)Nc2ccccn2)[C@H](C(=O)NC2CCCC2)c2ccc(F)cc2)cc1. The van der Waals surface area contributed by atoms with Crippen molar-refractivity contribution in [2.24, 2.45) is 0 Å². The molecule has 3 amide bonds. The Morgan fingerprint density at radius 1 is 0.974 bits per heavy atom. The monoisotopic (exact) mass is 516 g/mol. The van der Waals surface area contributed by atoms with Crippen LogP contribution in [0.1, 0.15) is 62.1 Å². The molecule has 1 saturated carbocycles. The number of carbonyl (C=O) groups excluding carboxylic acids is 3. The van der Waals surface area contributed by atoms with E-state index in [-0.39, 0.29) is 36.6 Å². The quantitative estimate of drug-likeness (QED) is 0.374. The largest absolute Gasteiger partial charge is 0.351 e. The standard InChI is InChI=1S/C30H33FN4O3/c1-21-12-18-25(19-13-21)35(28(37)11-6-10-27(36)34-26-9-4-5-20-32-26)29(22-14-16-23(31)17-15-22)30(38)33-24-7-2-3-8-24/h4-5,9,12-20,24,29H,2-3,6-8,10-11H2,1H3,(H,33,38)(H,32,34,36)/t29-/m0/s1. The molecule has 1 heterocycles. The molecule has 2 N–H and O–H groups in total. The van der Waals surface area contributed by atoms with Gasteiger partial charge in [-0.25, -0.2) is 9.37 Å². The maximum Gasteiger partial charge on any atom is 0.248 e. The van der Waals surface area contributed by atoms with Crippen LogP contribution in [0.3, 0.4) is 0 Å². The minimum absolute atomic E-state index is 0.0516. The van der Waals surface area contributed by atoms with E-state index >= 15 is 0 Å². The van der Waals surface area contributed by atoms with E-state index in [1.54, 1.807) is 48.7 Å². The van der Waals surface area contributed by atoms with Gasteiger partial charge in [0.15, 0.2) is 0 Å². The molecule has 0 saturated heterocycles. The van der Waals surface area contributed by atoms with Gasteiger partial charge >= 0.3 is 0 Å². The summed E-state index contributed by atoms with van der Waals surface area (Å²) in [5, 5.41) is 5.83. The van der Waals surface area contributed by atoms with Gasteiger partial charge in [0.2, 0.25) is 17.7 Å². The molecule has 198 valence electrons.